The molecule has 5 aromatic carbocycles. The Hall–Kier alpha value is -5.23. The molecule has 41 heavy (non-hydrogen) atoms. The van der Waals surface area contributed by atoms with Crippen molar-refractivity contribution in [1.82, 2.24) is 9.80 Å². The zero-order valence-electron chi connectivity index (χ0n) is 22.5. The van der Waals surface area contributed by atoms with Gasteiger partial charge in [0.25, 0.3) is 5.91 Å². The molecule has 1 aliphatic rings. The Morgan fingerprint density at radius 3 is 1.93 bits per heavy atom. The molecule has 5 aromatic rings. The van der Waals surface area contributed by atoms with Gasteiger partial charge in [-0.1, -0.05) is 115 Å². The Morgan fingerprint density at radius 1 is 0.659 bits per heavy atom. The minimum atomic E-state index is -1.21. The molecule has 202 valence electrons. The van der Waals surface area contributed by atoms with Gasteiger partial charge >= 0.3 is 6.03 Å². The highest BCUT2D eigenvalue weighted by molar-refractivity contribution is 6.07. The van der Waals surface area contributed by atoms with E-state index in [4.69, 9.17) is 11.1 Å². The molecule has 3 N–H and O–H groups in total. The van der Waals surface area contributed by atoms with E-state index in [9.17, 15) is 9.59 Å². The molecule has 0 spiro atoms. The van der Waals surface area contributed by atoms with Gasteiger partial charge in [-0.25, -0.2) is 4.79 Å². The van der Waals surface area contributed by atoms with E-state index in [1.165, 1.54) is 4.90 Å². The summed E-state index contributed by atoms with van der Waals surface area (Å²) in [5.74, 6) is -0.252. The van der Waals surface area contributed by atoms with Gasteiger partial charge in [-0.3, -0.25) is 15.1 Å². The second-order valence-corrected chi connectivity index (χ2v) is 10.4. The quantitative estimate of drug-likeness (QED) is 0.139. The lowest BCUT2D eigenvalue weighted by molar-refractivity contribution is -0.134. The van der Waals surface area contributed by atoms with Crippen LogP contribution in [0.4, 0.5) is 4.79 Å². The van der Waals surface area contributed by atoms with Crippen molar-refractivity contribution in [1.29, 1.82) is 5.41 Å². The summed E-state index contributed by atoms with van der Waals surface area (Å²) < 4.78 is 0. The maximum atomic E-state index is 14.7. The van der Waals surface area contributed by atoms with Gasteiger partial charge in [-0.15, -0.1) is 0 Å². The Labute approximate surface area is 239 Å². The molecule has 1 fully saturated rings. The maximum absolute atomic E-state index is 14.7. The van der Waals surface area contributed by atoms with Gasteiger partial charge in [0.1, 0.15) is 5.84 Å². The number of hydrogen-bond donors (Lipinski definition) is 2. The number of nitrogens with one attached hydrogen (secondary N) is 1. The number of benzene rings is 5. The fraction of sp³-hybridized carbons (Fsp3) is 0.114. The first kappa shape index (κ1) is 26.0. The summed E-state index contributed by atoms with van der Waals surface area (Å²) in [4.78, 5) is 32.1. The van der Waals surface area contributed by atoms with Crippen LogP contribution in [-0.2, 0) is 29.8 Å². The third kappa shape index (κ3) is 4.85. The smallest absolute Gasteiger partial charge is 0.328 e. The van der Waals surface area contributed by atoms with Crippen LogP contribution >= 0.6 is 0 Å². The average molecular weight is 539 g/mol. The van der Waals surface area contributed by atoms with Crippen molar-refractivity contribution in [3.05, 3.63) is 155 Å². The minimum absolute atomic E-state index is 0.00712. The molecule has 1 aliphatic heterocycles. The van der Waals surface area contributed by atoms with E-state index in [1.807, 2.05) is 127 Å². The van der Waals surface area contributed by atoms with Crippen LogP contribution in [0.5, 0.6) is 0 Å². The maximum Gasteiger partial charge on any atom is 0.328 e. The third-order valence-electron chi connectivity index (χ3n) is 7.82. The zero-order chi connectivity index (χ0) is 28.4. The Morgan fingerprint density at radius 2 is 1.27 bits per heavy atom. The highest BCUT2D eigenvalue weighted by Crippen LogP contribution is 2.42. The standard InChI is InChI=1S/C35H30N4O2/c36-32(37)29-19-18-28-17-16-27(20-30(28)21-29)23-38-33(40)35(31-14-8-3-9-15-31,22-25-10-4-1-5-11-25)39(34(38)41)24-26-12-6-2-7-13-26/h1-21H,22-24H2,(H3,36,37). The molecule has 6 nitrogen and oxygen atoms in total. The summed E-state index contributed by atoms with van der Waals surface area (Å²) in [7, 11) is 0. The van der Waals surface area contributed by atoms with E-state index in [1.54, 1.807) is 4.90 Å². The number of nitrogens with zero attached hydrogens (tertiary/aromatic N) is 2. The van der Waals surface area contributed by atoms with Gasteiger partial charge < -0.3 is 10.6 Å². The molecule has 0 aromatic heterocycles. The molecule has 3 amide bonds. The number of nitrogens with two attached hydrogens (primary N) is 1. The first-order valence-corrected chi connectivity index (χ1v) is 13.6. The second-order valence-electron chi connectivity index (χ2n) is 10.4. The van der Waals surface area contributed by atoms with Crippen LogP contribution in [0.1, 0.15) is 27.8 Å². The van der Waals surface area contributed by atoms with Gasteiger partial charge in [-0.2, -0.15) is 0 Å². The monoisotopic (exact) mass is 538 g/mol. The van der Waals surface area contributed by atoms with Crippen molar-refractivity contribution >= 4 is 28.5 Å². The highest BCUT2D eigenvalue weighted by Gasteiger charge is 2.58. The van der Waals surface area contributed by atoms with Crippen molar-refractivity contribution < 1.29 is 9.59 Å². The van der Waals surface area contributed by atoms with Crippen LogP contribution in [0.3, 0.4) is 0 Å². The summed E-state index contributed by atoms with van der Waals surface area (Å²) >= 11 is 0. The number of amidine groups is 1. The largest absolute Gasteiger partial charge is 0.384 e. The molecule has 0 radical (unpaired) electrons. The van der Waals surface area contributed by atoms with E-state index in [-0.39, 0.29) is 24.3 Å². The van der Waals surface area contributed by atoms with Gasteiger partial charge in [-0.05, 0) is 45.2 Å². The lowest BCUT2D eigenvalue weighted by Gasteiger charge is -2.36. The molecule has 0 aliphatic carbocycles. The Balaban J connectivity index is 1.46. The Kier molecular flexibility index (Phi) is 6.81. The number of rotatable bonds is 8. The molecule has 1 saturated heterocycles. The zero-order valence-corrected chi connectivity index (χ0v) is 22.5. The van der Waals surface area contributed by atoms with Gasteiger partial charge in [0, 0.05) is 18.5 Å². The van der Waals surface area contributed by atoms with Crippen LogP contribution in [0.15, 0.2) is 127 Å². The van der Waals surface area contributed by atoms with Crippen LogP contribution in [0.25, 0.3) is 10.8 Å². The summed E-state index contributed by atoms with van der Waals surface area (Å²) in [6.07, 6.45) is 0.353. The first-order chi connectivity index (χ1) is 20.0. The van der Waals surface area contributed by atoms with Gasteiger partial charge in [0.2, 0.25) is 0 Å². The van der Waals surface area contributed by atoms with Gasteiger partial charge in [0.15, 0.2) is 5.54 Å². The molecule has 6 rings (SSSR count). The number of urea groups is 1. The Bertz CT molecular complexity index is 1740. The predicted molar refractivity (Wildman–Crippen MR) is 161 cm³/mol. The normalized spacial score (nSPS) is 16.9. The van der Waals surface area contributed by atoms with Crippen LogP contribution in [-0.4, -0.2) is 27.6 Å². The summed E-state index contributed by atoms with van der Waals surface area (Å²) in [5.41, 5.74) is 8.66. The first-order valence-electron chi connectivity index (χ1n) is 13.6. The van der Waals surface area contributed by atoms with Gasteiger partial charge in [0.05, 0.1) is 6.54 Å². The molecule has 0 bridgehead atoms. The predicted octanol–water partition coefficient (Wildman–Crippen LogP) is 6.23. The highest BCUT2D eigenvalue weighted by atomic mass is 16.2. The number of nitrogen functional groups attached to an aromatic ring is 1. The second kappa shape index (κ2) is 10.7. The lowest BCUT2D eigenvalue weighted by Crippen LogP contribution is -2.48. The van der Waals surface area contributed by atoms with Crippen molar-refractivity contribution in [2.24, 2.45) is 5.73 Å². The van der Waals surface area contributed by atoms with E-state index in [0.29, 0.717) is 18.5 Å². The van der Waals surface area contributed by atoms with Crippen molar-refractivity contribution in [2.75, 3.05) is 0 Å². The summed E-state index contributed by atoms with van der Waals surface area (Å²) in [5, 5.41) is 9.69. The topological polar surface area (TPSA) is 90.5 Å². The third-order valence-corrected chi connectivity index (χ3v) is 7.82. The van der Waals surface area contributed by atoms with Crippen molar-refractivity contribution in [3.63, 3.8) is 0 Å². The van der Waals surface area contributed by atoms with Crippen LogP contribution < -0.4 is 5.73 Å². The molecule has 1 heterocycles. The lowest BCUT2D eigenvalue weighted by atomic mass is 9.82. The molecule has 1 atom stereocenters. The molecule has 0 saturated carbocycles. The number of imide groups is 1. The summed E-state index contributed by atoms with van der Waals surface area (Å²) in [6.45, 7) is 0.426. The van der Waals surface area contributed by atoms with E-state index in [2.05, 4.69) is 0 Å². The number of hydrogen-bond acceptors (Lipinski definition) is 3. The molecule has 1 unspecified atom stereocenters. The summed E-state index contributed by atoms with van der Waals surface area (Å²) in [6, 6.07) is 40.4. The van der Waals surface area contributed by atoms with Crippen LogP contribution in [0, 0.1) is 5.41 Å². The SMILES string of the molecule is N=C(N)c1ccc2ccc(CN3C(=O)N(Cc4ccccc4)C(Cc4ccccc4)(c4ccccc4)C3=O)cc2c1. The number of carbonyl (C=O) groups excluding carboxylic acids is 2. The van der Waals surface area contributed by atoms with E-state index in [0.717, 1.165) is 33.0 Å². The average Bonchev–Trinajstić information content (AvgIpc) is 3.19. The molecular formula is C35H30N4O2. The number of carbonyl (C=O) groups is 2. The number of fused-ring (bicyclic) bond motifs is 1. The molecule has 6 heteroatoms. The fourth-order valence-corrected chi connectivity index (χ4v) is 5.74. The van der Waals surface area contributed by atoms with Crippen molar-refractivity contribution in [2.45, 2.75) is 25.0 Å². The van der Waals surface area contributed by atoms with Crippen LogP contribution in [0.2, 0.25) is 0 Å². The van der Waals surface area contributed by atoms with Crippen molar-refractivity contribution in [3.8, 4) is 0 Å². The molecular weight excluding hydrogens is 508 g/mol. The number of amides is 3. The van der Waals surface area contributed by atoms with E-state index < -0.39 is 5.54 Å². The minimum Gasteiger partial charge on any atom is -0.384 e. The van der Waals surface area contributed by atoms with E-state index >= 15 is 0 Å². The fourth-order valence-electron chi connectivity index (χ4n) is 5.74.